The number of nitrogens with zero attached hydrogens (tertiary/aromatic N) is 3. The van der Waals surface area contributed by atoms with E-state index < -0.39 is 0 Å². The number of rotatable bonds is 3. The molecule has 2 aromatic rings. The molecular formula is C11H12N4O. The standard InChI is InChI=1S/C11H12N4O/c1-16-11-14-6-9(7-15-11)10-2-3-13-5-8(10)4-12/h2-3,5-7H,4,12H2,1H3. The highest BCUT2D eigenvalue weighted by molar-refractivity contribution is 5.64. The van der Waals surface area contributed by atoms with Crippen LogP contribution in [0.25, 0.3) is 11.1 Å². The van der Waals surface area contributed by atoms with Crippen molar-refractivity contribution in [2.45, 2.75) is 6.54 Å². The number of hydrogen-bond donors (Lipinski definition) is 1. The van der Waals surface area contributed by atoms with Crippen molar-refractivity contribution in [2.75, 3.05) is 7.11 Å². The van der Waals surface area contributed by atoms with Crippen LogP contribution < -0.4 is 10.5 Å². The fraction of sp³-hybridized carbons (Fsp3) is 0.182. The van der Waals surface area contributed by atoms with Gasteiger partial charge in [-0.1, -0.05) is 0 Å². The van der Waals surface area contributed by atoms with Gasteiger partial charge < -0.3 is 10.5 Å². The van der Waals surface area contributed by atoms with Crippen LogP contribution in [0.5, 0.6) is 6.01 Å². The molecule has 0 saturated carbocycles. The lowest BCUT2D eigenvalue weighted by atomic mass is 10.1. The van der Waals surface area contributed by atoms with Crippen LogP contribution in [0.15, 0.2) is 30.9 Å². The van der Waals surface area contributed by atoms with Crippen molar-refractivity contribution >= 4 is 0 Å². The molecule has 0 spiro atoms. The molecule has 0 atom stereocenters. The summed E-state index contributed by atoms with van der Waals surface area (Å²) in [5.41, 5.74) is 8.51. The maximum atomic E-state index is 5.64. The predicted molar refractivity (Wildman–Crippen MR) is 59.7 cm³/mol. The first-order valence-corrected chi connectivity index (χ1v) is 4.84. The highest BCUT2D eigenvalue weighted by atomic mass is 16.5. The number of methoxy groups -OCH3 is 1. The van der Waals surface area contributed by atoms with E-state index in [1.807, 2.05) is 6.07 Å². The Morgan fingerprint density at radius 3 is 2.62 bits per heavy atom. The Morgan fingerprint density at radius 2 is 2.00 bits per heavy atom. The van der Waals surface area contributed by atoms with Crippen molar-refractivity contribution < 1.29 is 4.74 Å². The molecule has 5 nitrogen and oxygen atoms in total. The van der Waals surface area contributed by atoms with E-state index in [1.54, 1.807) is 24.8 Å². The van der Waals surface area contributed by atoms with Crippen molar-refractivity contribution in [3.05, 3.63) is 36.4 Å². The van der Waals surface area contributed by atoms with E-state index in [-0.39, 0.29) is 0 Å². The Bertz CT molecular complexity index is 470. The van der Waals surface area contributed by atoms with Crippen LogP contribution in [0.2, 0.25) is 0 Å². The van der Waals surface area contributed by atoms with Gasteiger partial charge in [0, 0.05) is 36.9 Å². The van der Waals surface area contributed by atoms with Gasteiger partial charge in [0.15, 0.2) is 0 Å². The van der Waals surface area contributed by atoms with Gasteiger partial charge in [-0.15, -0.1) is 0 Å². The summed E-state index contributed by atoms with van der Waals surface area (Å²) >= 11 is 0. The molecule has 0 aromatic carbocycles. The number of pyridine rings is 1. The molecule has 0 aliphatic carbocycles. The number of hydrogen-bond acceptors (Lipinski definition) is 5. The summed E-state index contributed by atoms with van der Waals surface area (Å²) in [4.78, 5) is 12.1. The fourth-order valence-corrected chi connectivity index (χ4v) is 1.43. The Hall–Kier alpha value is -2.01. The van der Waals surface area contributed by atoms with Gasteiger partial charge in [-0.25, -0.2) is 9.97 Å². The zero-order valence-corrected chi connectivity index (χ0v) is 8.92. The third-order valence-electron chi connectivity index (χ3n) is 2.25. The molecule has 0 radical (unpaired) electrons. The highest BCUT2D eigenvalue weighted by Gasteiger charge is 2.05. The van der Waals surface area contributed by atoms with Crippen LogP contribution in [0.3, 0.4) is 0 Å². The molecule has 0 aliphatic heterocycles. The molecule has 0 aliphatic rings. The summed E-state index contributed by atoms with van der Waals surface area (Å²) in [6.45, 7) is 0.440. The molecule has 0 saturated heterocycles. The summed E-state index contributed by atoms with van der Waals surface area (Å²) in [5.74, 6) is 0. The van der Waals surface area contributed by atoms with E-state index in [0.717, 1.165) is 16.7 Å². The van der Waals surface area contributed by atoms with Gasteiger partial charge in [0.2, 0.25) is 0 Å². The lowest BCUT2D eigenvalue weighted by molar-refractivity contribution is 0.380. The SMILES string of the molecule is COc1ncc(-c2ccncc2CN)cn1. The van der Waals surface area contributed by atoms with Gasteiger partial charge in [-0.05, 0) is 17.2 Å². The van der Waals surface area contributed by atoms with Crippen molar-refractivity contribution in [1.82, 2.24) is 15.0 Å². The van der Waals surface area contributed by atoms with E-state index in [1.165, 1.54) is 7.11 Å². The lowest BCUT2D eigenvalue weighted by Gasteiger charge is -2.06. The number of nitrogens with two attached hydrogens (primary N) is 1. The van der Waals surface area contributed by atoms with Crippen LogP contribution in [-0.4, -0.2) is 22.1 Å². The monoisotopic (exact) mass is 216 g/mol. The zero-order chi connectivity index (χ0) is 11.4. The van der Waals surface area contributed by atoms with Crippen LogP contribution in [0.4, 0.5) is 0 Å². The second-order valence-electron chi connectivity index (χ2n) is 3.20. The topological polar surface area (TPSA) is 73.9 Å². The minimum atomic E-state index is 0.354. The normalized spacial score (nSPS) is 10.1. The Labute approximate surface area is 93.3 Å². The smallest absolute Gasteiger partial charge is 0.316 e. The largest absolute Gasteiger partial charge is 0.467 e. The average Bonchev–Trinajstić information content (AvgIpc) is 2.39. The molecule has 0 fully saturated rings. The molecule has 5 heteroatoms. The minimum absolute atomic E-state index is 0.354. The quantitative estimate of drug-likeness (QED) is 0.828. The van der Waals surface area contributed by atoms with Crippen LogP contribution in [-0.2, 0) is 6.54 Å². The molecule has 2 aromatic heterocycles. The van der Waals surface area contributed by atoms with E-state index in [4.69, 9.17) is 10.5 Å². The second-order valence-corrected chi connectivity index (χ2v) is 3.20. The van der Waals surface area contributed by atoms with E-state index in [0.29, 0.717) is 12.6 Å². The van der Waals surface area contributed by atoms with Gasteiger partial charge in [0.1, 0.15) is 0 Å². The Morgan fingerprint density at radius 1 is 1.25 bits per heavy atom. The van der Waals surface area contributed by atoms with Gasteiger partial charge in [-0.3, -0.25) is 4.98 Å². The van der Waals surface area contributed by atoms with Crippen molar-refractivity contribution in [3.63, 3.8) is 0 Å². The van der Waals surface area contributed by atoms with E-state index in [2.05, 4.69) is 15.0 Å². The average molecular weight is 216 g/mol. The molecule has 0 bridgehead atoms. The highest BCUT2D eigenvalue weighted by Crippen LogP contribution is 2.21. The van der Waals surface area contributed by atoms with Crippen LogP contribution in [0.1, 0.15) is 5.56 Å². The number of ether oxygens (including phenoxy) is 1. The summed E-state index contributed by atoms with van der Waals surface area (Å²) in [6.07, 6.45) is 6.89. The molecule has 0 amide bonds. The molecule has 0 unspecified atom stereocenters. The van der Waals surface area contributed by atoms with Crippen molar-refractivity contribution in [3.8, 4) is 17.1 Å². The van der Waals surface area contributed by atoms with Gasteiger partial charge in [0.25, 0.3) is 0 Å². The van der Waals surface area contributed by atoms with Crippen LogP contribution in [0, 0.1) is 0 Å². The third kappa shape index (κ3) is 1.99. The first-order valence-electron chi connectivity index (χ1n) is 4.84. The van der Waals surface area contributed by atoms with E-state index in [9.17, 15) is 0 Å². The molecule has 2 rings (SSSR count). The maximum Gasteiger partial charge on any atom is 0.316 e. The van der Waals surface area contributed by atoms with E-state index >= 15 is 0 Å². The van der Waals surface area contributed by atoms with Gasteiger partial charge >= 0.3 is 6.01 Å². The van der Waals surface area contributed by atoms with Crippen molar-refractivity contribution in [2.24, 2.45) is 5.73 Å². The summed E-state index contributed by atoms with van der Waals surface area (Å²) < 4.78 is 4.90. The van der Waals surface area contributed by atoms with Crippen LogP contribution >= 0.6 is 0 Å². The van der Waals surface area contributed by atoms with Gasteiger partial charge in [0.05, 0.1) is 7.11 Å². The van der Waals surface area contributed by atoms with Crippen molar-refractivity contribution in [1.29, 1.82) is 0 Å². The second kappa shape index (κ2) is 4.67. The summed E-state index contributed by atoms with van der Waals surface area (Å²) in [5, 5.41) is 0. The number of aromatic nitrogens is 3. The fourth-order valence-electron chi connectivity index (χ4n) is 1.43. The third-order valence-corrected chi connectivity index (χ3v) is 2.25. The molecule has 2 N–H and O–H groups in total. The van der Waals surface area contributed by atoms with Gasteiger partial charge in [-0.2, -0.15) is 0 Å². The molecule has 82 valence electrons. The first-order chi connectivity index (χ1) is 7.85. The zero-order valence-electron chi connectivity index (χ0n) is 8.92. The maximum absolute atomic E-state index is 5.64. The summed E-state index contributed by atoms with van der Waals surface area (Å²) in [6, 6.07) is 2.25. The Kier molecular flexibility index (Phi) is 3.07. The Balaban J connectivity index is 2.42. The molecule has 16 heavy (non-hydrogen) atoms. The predicted octanol–water partition coefficient (Wildman–Crippen LogP) is 1.01. The molecular weight excluding hydrogens is 204 g/mol. The first kappa shape index (κ1) is 10.5. The summed E-state index contributed by atoms with van der Waals surface area (Å²) in [7, 11) is 1.53. The lowest BCUT2D eigenvalue weighted by Crippen LogP contribution is -2.00. The minimum Gasteiger partial charge on any atom is -0.467 e. The molecule has 2 heterocycles.